The molecule has 0 aromatic heterocycles. The predicted octanol–water partition coefficient (Wildman–Crippen LogP) is 12.1. The van der Waals surface area contributed by atoms with E-state index in [-0.39, 0.29) is 49.6 Å². The van der Waals surface area contributed by atoms with Crippen molar-refractivity contribution in [1.29, 1.82) is 0 Å². The second-order valence-corrected chi connectivity index (χ2v) is 17.6. The Balaban J connectivity index is 0.00000289. The Morgan fingerprint density at radius 1 is 0.314 bits per heavy atom. The van der Waals surface area contributed by atoms with Gasteiger partial charge in [-0.3, -0.25) is 0 Å². The van der Waals surface area contributed by atoms with Gasteiger partial charge in [-0.15, -0.1) is 65.5 Å². The maximum absolute atomic E-state index is 1.66. The Kier molecular flexibility index (Phi) is 23.1. The van der Waals surface area contributed by atoms with Crippen molar-refractivity contribution >= 4 is 65.5 Å². The van der Waals surface area contributed by atoms with Crippen LogP contribution in [-0.2, 0) is 0 Å². The van der Waals surface area contributed by atoms with Crippen molar-refractivity contribution in [3.05, 3.63) is 0 Å². The van der Waals surface area contributed by atoms with E-state index in [1.54, 1.807) is 134 Å². The van der Waals surface area contributed by atoms with Crippen LogP contribution in [0.15, 0.2) is 0 Å². The van der Waals surface area contributed by atoms with Crippen LogP contribution >= 0.6 is 65.5 Å². The van der Waals surface area contributed by atoms with E-state index >= 15 is 0 Å². The van der Waals surface area contributed by atoms with E-state index in [0.717, 1.165) is 0 Å². The fraction of sp³-hybridized carbons (Fsp3) is 1.00. The normalized spacial score (nSPS) is 23.1. The molecule has 0 radical (unpaired) electrons. The van der Waals surface area contributed by atoms with E-state index in [1.165, 1.54) is 48.3 Å². The molecule has 0 aliphatic heterocycles. The van der Waals surface area contributed by atoms with E-state index in [4.69, 9.17) is 0 Å². The van der Waals surface area contributed by atoms with Gasteiger partial charge in [0, 0.05) is 0 Å². The van der Waals surface area contributed by atoms with Gasteiger partial charge in [0.1, 0.15) is 0 Å². The van der Waals surface area contributed by atoms with Crippen LogP contribution in [0.3, 0.4) is 0 Å². The van der Waals surface area contributed by atoms with Crippen molar-refractivity contribution in [3.63, 3.8) is 0 Å². The summed E-state index contributed by atoms with van der Waals surface area (Å²) in [7, 11) is 0.704. The highest BCUT2D eigenvalue weighted by Gasteiger charge is 2.32. The molecule has 0 heterocycles. The summed E-state index contributed by atoms with van der Waals surface area (Å²) in [4.78, 5) is 0. The van der Waals surface area contributed by atoms with Crippen LogP contribution in [0.5, 0.6) is 0 Å². The van der Waals surface area contributed by atoms with Crippen molar-refractivity contribution < 1.29 is 0 Å². The van der Waals surface area contributed by atoms with Crippen LogP contribution < -0.4 is 0 Å². The summed E-state index contributed by atoms with van der Waals surface area (Å²) in [6, 6.07) is 0. The topological polar surface area (TPSA) is 0 Å². The zero-order valence-electron chi connectivity index (χ0n) is 22.5. The summed E-state index contributed by atoms with van der Waals surface area (Å²) in [5.74, 6) is 0. The van der Waals surface area contributed by atoms with Gasteiger partial charge in [-0.2, -0.15) is 0 Å². The lowest BCUT2D eigenvalue weighted by Crippen LogP contribution is -2.22. The number of rotatable bonds is 10. The molecule has 0 spiro atoms. The number of unbranched alkanes of at least 4 members (excludes halogenated alkanes) is 2. The molecular weight excluding hydrogens is 552 g/mol. The van der Waals surface area contributed by atoms with Gasteiger partial charge < -0.3 is 0 Å². The third-order valence-corrected chi connectivity index (χ3v) is 17.0. The summed E-state index contributed by atoms with van der Waals surface area (Å²) in [5.41, 5.74) is 4.70. The maximum Gasteiger partial charge on any atom is -0.0207 e. The lowest BCUT2D eigenvalue weighted by molar-refractivity contribution is 0.482. The molecule has 0 atom stereocenters. The minimum absolute atomic E-state index is 0. The molecule has 4 fully saturated rings. The molecule has 0 nitrogen and oxygen atoms in total. The maximum atomic E-state index is 1.66. The summed E-state index contributed by atoms with van der Waals surface area (Å²) in [6.45, 7) is 0. The monoisotopic (exact) mass is 608 g/mol. The molecule has 0 aromatic rings. The van der Waals surface area contributed by atoms with Gasteiger partial charge in [-0.05, 0) is 99.2 Å². The van der Waals surface area contributed by atoms with Gasteiger partial charge in [0.15, 0.2) is 0 Å². The SMILES string of the molecule is C1CCC(P(CCCCCP(C2CCCCC2)C2CCCCC2)C2CCCCC2)CC1.Cl.Cl.Cl.Cl. The van der Waals surface area contributed by atoms with E-state index in [1.807, 2.05) is 0 Å². The number of hydrogen-bond donors (Lipinski definition) is 0. The first kappa shape index (κ1) is 37.0. The smallest absolute Gasteiger partial charge is 0.0207 e. The van der Waals surface area contributed by atoms with Crippen LogP contribution in [0.25, 0.3) is 0 Å². The molecule has 6 heteroatoms. The largest absolute Gasteiger partial charge is 0.147 e. The highest BCUT2D eigenvalue weighted by molar-refractivity contribution is 7.59. The highest BCUT2D eigenvalue weighted by atomic mass is 35.5. The molecule has 212 valence electrons. The van der Waals surface area contributed by atoms with Gasteiger partial charge in [0.2, 0.25) is 0 Å². The minimum Gasteiger partial charge on any atom is -0.147 e. The molecule has 0 aromatic carbocycles. The van der Waals surface area contributed by atoms with E-state index in [9.17, 15) is 0 Å². The fourth-order valence-corrected chi connectivity index (χ4v) is 15.7. The van der Waals surface area contributed by atoms with Gasteiger partial charge in [-0.1, -0.05) is 83.5 Å². The molecular formula is C29H58Cl4P2. The van der Waals surface area contributed by atoms with Crippen molar-refractivity contribution in [2.24, 2.45) is 0 Å². The summed E-state index contributed by atoms with van der Waals surface area (Å²) in [6.07, 6.45) is 39.6. The van der Waals surface area contributed by atoms with E-state index in [0.29, 0.717) is 15.8 Å². The zero-order chi connectivity index (χ0) is 21.1. The zero-order valence-corrected chi connectivity index (χ0v) is 27.6. The molecule has 0 unspecified atom stereocenters. The lowest BCUT2D eigenvalue weighted by atomic mass is 9.99. The van der Waals surface area contributed by atoms with Crippen molar-refractivity contribution in [2.75, 3.05) is 12.3 Å². The van der Waals surface area contributed by atoms with Gasteiger partial charge in [0.25, 0.3) is 0 Å². The average Bonchev–Trinajstić information content (AvgIpc) is 2.86. The first-order valence-electron chi connectivity index (χ1n) is 14.9. The first-order chi connectivity index (χ1) is 15.4. The van der Waals surface area contributed by atoms with Crippen molar-refractivity contribution in [2.45, 2.75) is 170 Å². The molecule has 0 bridgehead atoms. The van der Waals surface area contributed by atoms with Gasteiger partial charge >= 0.3 is 0 Å². The van der Waals surface area contributed by atoms with Crippen molar-refractivity contribution in [3.8, 4) is 0 Å². The van der Waals surface area contributed by atoms with Crippen LogP contribution in [0.4, 0.5) is 0 Å². The molecule has 4 rings (SSSR count). The Labute approximate surface area is 247 Å². The van der Waals surface area contributed by atoms with Gasteiger partial charge in [0.05, 0.1) is 0 Å². The molecule has 35 heavy (non-hydrogen) atoms. The van der Waals surface area contributed by atoms with Crippen LogP contribution in [0.2, 0.25) is 0 Å². The summed E-state index contributed by atoms with van der Waals surface area (Å²) < 4.78 is 0. The predicted molar refractivity (Wildman–Crippen MR) is 174 cm³/mol. The lowest BCUT2D eigenvalue weighted by Gasteiger charge is -2.39. The third-order valence-electron chi connectivity index (χ3n) is 9.51. The second kappa shape index (κ2) is 21.8. The number of hydrogen-bond acceptors (Lipinski definition) is 0. The molecule has 4 aliphatic rings. The minimum atomic E-state index is 0. The number of halogens is 4. The van der Waals surface area contributed by atoms with Crippen molar-refractivity contribution in [1.82, 2.24) is 0 Å². The standard InChI is InChI=1S/C29H54P2.4ClH/c1-6-16-26(17-7-1)30(27-18-8-2-9-19-27)24-14-5-15-25-31(28-20-10-3-11-21-28)29-22-12-4-13-23-29;;;;/h26-29H,1-25H2;4*1H. The average molecular weight is 611 g/mol. The molecule has 0 saturated heterocycles. The third kappa shape index (κ3) is 12.4. The Morgan fingerprint density at radius 2 is 0.543 bits per heavy atom. The summed E-state index contributed by atoms with van der Waals surface area (Å²) in [5, 5.41) is 0. The van der Waals surface area contributed by atoms with E-state index < -0.39 is 0 Å². The molecule has 4 aliphatic carbocycles. The highest BCUT2D eigenvalue weighted by Crippen LogP contribution is 2.57. The van der Waals surface area contributed by atoms with E-state index in [2.05, 4.69) is 0 Å². The Hall–Kier alpha value is 2.02. The molecule has 0 N–H and O–H groups in total. The Morgan fingerprint density at radius 3 is 0.771 bits per heavy atom. The van der Waals surface area contributed by atoms with Gasteiger partial charge in [-0.25, -0.2) is 0 Å². The first-order valence-corrected chi connectivity index (χ1v) is 18.3. The quantitative estimate of drug-likeness (QED) is 0.171. The fourth-order valence-electron chi connectivity index (χ4n) is 7.74. The van der Waals surface area contributed by atoms with Crippen LogP contribution in [0.1, 0.15) is 148 Å². The second-order valence-electron chi connectivity index (χ2n) is 11.7. The van der Waals surface area contributed by atoms with Crippen LogP contribution in [0, 0.1) is 0 Å². The van der Waals surface area contributed by atoms with Crippen LogP contribution in [-0.4, -0.2) is 35.0 Å². The Bertz CT molecular complexity index is 393. The summed E-state index contributed by atoms with van der Waals surface area (Å²) >= 11 is 0. The molecule has 4 saturated carbocycles. The molecule has 0 amide bonds.